The van der Waals surface area contributed by atoms with Crippen molar-refractivity contribution in [2.75, 3.05) is 38.8 Å². The summed E-state index contributed by atoms with van der Waals surface area (Å²) in [7, 11) is 4.07. The van der Waals surface area contributed by atoms with Crippen molar-refractivity contribution in [2.24, 2.45) is 0 Å². The van der Waals surface area contributed by atoms with Gasteiger partial charge in [0.25, 0.3) is 0 Å². The van der Waals surface area contributed by atoms with Crippen LogP contribution in [0.1, 0.15) is 0 Å². The lowest BCUT2D eigenvalue weighted by Crippen LogP contribution is -2.21. The minimum absolute atomic E-state index is 0.254. The average Bonchev–Trinajstić information content (AvgIpc) is 3.07. The van der Waals surface area contributed by atoms with Crippen LogP contribution in [0.4, 0.5) is 10.2 Å². The minimum atomic E-state index is -0.254. The van der Waals surface area contributed by atoms with E-state index in [9.17, 15) is 4.39 Å². The molecule has 2 heterocycles. The molecular formula is C19H22FN5S. The number of aromatic amines is 1. The number of H-pyrrole nitrogens is 1. The Morgan fingerprint density at radius 1 is 1.15 bits per heavy atom. The zero-order chi connectivity index (χ0) is 18.5. The van der Waals surface area contributed by atoms with Gasteiger partial charge >= 0.3 is 0 Å². The predicted molar refractivity (Wildman–Crippen MR) is 106 cm³/mol. The Balaban J connectivity index is 1.93. The van der Waals surface area contributed by atoms with Gasteiger partial charge in [-0.1, -0.05) is 11.8 Å². The number of benzene rings is 1. The van der Waals surface area contributed by atoms with Crippen molar-refractivity contribution >= 4 is 17.6 Å². The first kappa shape index (κ1) is 18.4. The quantitative estimate of drug-likeness (QED) is 0.616. The standard InChI is InChI=1S/C19H22FN5S/c1-25(2)11-10-22-16-12-14(8-9-21-16)18-17(23-19(24-18)26-3)13-4-6-15(20)7-5-13/h4-9,12H,10-11H2,1-3H3,(H,21,22)(H,23,24). The molecule has 0 aliphatic heterocycles. The lowest BCUT2D eigenvalue weighted by Gasteiger charge is -2.11. The van der Waals surface area contributed by atoms with Crippen LogP contribution in [0, 0.1) is 5.82 Å². The molecule has 0 saturated heterocycles. The molecule has 0 unspecified atom stereocenters. The Bertz CT molecular complexity index is 861. The molecular weight excluding hydrogens is 349 g/mol. The van der Waals surface area contributed by atoms with E-state index in [2.05, 4.69) is 20.2 Å². The third kappa shape index (κ3) is 4.42. The Hall–Kier alpha value is -2.38. The SMILES string of the molecule is CSc1nc(-c2ccnc(NCCN(C)C)c2)c(-c2ccc(F)cc2)[nH]1. The summed E-state index contributed by atoms with van der Waals surface area (Å²) in [6, 6.07) is 10.4. The third-order valence-corrected chi connectivity index (χ3v) is 4.49. The summed E-state index contributed by atoms with van der Waals surface area (Å²) in [6.07, 6.45) is 3.74. The predicted octanol–water partition coefficient (Wildman–Crippen LogP) is 3.97. The summed E-state index contributed by atoms with van der Waals surface area (Å²) < 4.78 is 13.3. The second-order valence-electron chi connectivity index (χ2n) is 6.14. The largest absolute Gasteiger partial charge is 0.369 e. The summed E-state index contributed by atoms with van der Waals surface area (Å²) >= 11 is 1.54. The summed E-state index contributed by atoms with van der Waals surface area (Å²) in [5.74, 6) is 0.555. The molecule has 0 radical (unpaired) electrons. The lowest BCUT2D eigenvalue weighted by molar-refractivity contribution is 0.425. The van der Waals surface area contributed by atoms with Gasteiger partial charge < -0.3 is 15.2 Å². The van der Waals surface area contributed by atoms with Crippen LogP contribution < -0.4 is 5.32 Å². The van der Waals surface area contributed by atoms with Crippen LogP contribution in [0.3, 0.4) is 0 Å². The number of rotatable bonds is 7. The zero-order valence-electron chi connectivity index (χ0n) is 15.1. The van der Waals surface area contributed by atoms with E-state index in [0.717, 1.165) is 46.6 Å². The molecule has 3 aromatic rings. The van der Waals surface area contributed by atoms with Gasteiger partial charge in [-0.15, -0.1) is 0 Å². The molecule has 0 fully saturated rings. The van der Waals surface area contributed by atoms with E-state index in [4.69, 9.17) is 4.98 Å². The zero-order valence-corrected chi connectivity index (χ0v) is 15.9. The van der Waals surface area contributed by atoms with Crippen LogP contribution in [0.25, 0.3) is 22.5 Å². The molecule has 2 aromatic heterocycles. The highest BCUT2D eigenvalue weighted by Crippen LogP contribution is 2.32. The number of thioether (sulfide) groups is 1. The van der Waals surface area contributed by atoms with Gasteiger partial charge in [0, 0.05) is 30.4 Å². The van der Waals surface area contributed by atoms with E-state index < -0.39 is 0 Å². The summed E-state index contributed by atoms with van der Waals surface area (Å²) in [5, 5.41) is 4.15. The van der Waals surface area contributed by atoms with Crippen LogP contribution in [-0.2, 0) is 0 Å². The first-order valence-electron chi connectivity index (χ1n) is 8.32. The molecule has 0 aliphatic rings. The molecule has 2 N–H and O–H groups in total. The fourth-order valence-electron chi connectivity index (χ4n) is 2.56. The van der Waals surface area contributed by atoms with E-state index in [1.807, 2.05) is 32.5 Å². The van der Waals surface area contributed by atoms with Gasteiger partial charge in [0.2, 0.25) is 0 Å². The molecule has 136 valence electrons. The molecule has 7 heteroatoms. The monoisotopic (exact) mass is 371 g/mol. The van der Waals surface area contributed by atoms with E-state index in [1.54, 1.807) is 30.1 Å². The number of hydrogen-bond donors (Lipinski definition) is 2. The Labute approximate surface area is 157 Å². The Kier molecular flexibility index (Phi) is 5.90. The average molecular weight is 371 g/mol. The minimum Gasteiger partial charge on any atom is -0.369 e. The fraction of sp³-hybridized carbons (Fsp3) is 0.263. The number of nitrogens with one attached hydrogen (secondary N) is 2. The van der Waals surface area contributed by atoms with Crippen molar-refractivity contribution < 1.29 is 4.39 Å². The molecule has 0 spiro atoms. The van der Waals surface area contributed by atoms with Crippen LogP contribution in [0.5, 0.6) is 0 Å². The van der Waals surface area contributed by atoms with Gasteiger partial charge in [0.05, 0.1) is 11.4 Å². The molecule has 26 heavy (non-hydrogen) atoms. The van der Waals surface area contributed by atoms with Crippen molar-refractivity contribution in [3.63, 3.8) is 0 Å². The van der Waals surface area contributed by atoms with E-state index in [-0.39, 0.29) is 5.82 Å². The number of imidazole rings is 1. The number of likely N-dealkylation sites (N-methyl/N-ethyl adjacent to an activating group) is 1. The molecule has 0 amide bonds. The van der Waals surface area contributed by atoms with Crippen molar-refractivity contribution in [3.05, 3.63) is 48.4 Å². The van der Waals surface area contributed by atoms with Gasteiger partial charge in [-0.2, -0.15) is 0 Å². The van der Waals surface area contributed by atoms with E-state index >= 15 is 0 Å². The molecule has 1 aromatic carbocycles. The van der Waals surface area contributed by atoms with E-state index in [0.29, 0.717) is 0 Å². The normalized spacial score (nSPS) is 11.1. The first-order chi connectivity index (χ1) is 12.6. The van der Waals surface area contributed by atoms with Gasteiger partial charge in [-0.05, 0) is 56.7 Å². The second-order valence-corrected chi connectivity index (χ2v) is 6.93. The topological polar surface area (TPSA) is 56.8 Å². The van der Waals surface area contributed by atoms with Crippen LogP contribution in [-0.4, -0.2) is 53.3 Å². The Morgan fingerprint density at radius 3 is 2.62 bits per heavy atom. The number of hydrogen-bond acceptors (Lipinski definition) is 5. The third-order valence-electron chi connectivity index (χ3n) is 3.91. The van der Waals surface area contributed by atoms with Gasteiger partial charge in [0.15, 0.2) is 5.16 Å². The van der Waals surface area contributed by atoms with Crippen molar-refractivity contribution in [3.8, 4) is 22.5 Å². The smallest absolute Gasteiger partial charge is 0.166 e. The number of anilines is 1. The Morgan fingerprint density at radius 2 is 1.92 bits per heavy atom. The summed E-state index contributed by atoms with van der Waals surface area (Å²) in [4.78, 5) is 14.5. The van der Waals surface area contributed by atoms with Crippen LogP contribution in [0.15, 0.2) is 47.8 Å². The highest BCUT2D eigenvalue weighted by molar-refractivity contribution is 7.98. The number of aromatic nitrogens is 3. The summed E-state index contributed by atoms with van der Waals surface area (Å²) in [5.41, 5.74) is 3.56. The maximum absolute atomic E-state index is 13.3. The van der Waals surface area contributed by atoms with Crippen LogP contribution in [0.2, 0.25) is 0 Å². The highest BCUT2D eigenvalue weighted by atomic mass is 32.2. The van der Waals surface area contributed by atoms with Gasteiger partial charge in [-0.3, -0.25) is 0 Å². The van der Waals surface area contributed by atoms with Gasteiger partial charge in [-0.25, -0.2) is 14.4 Å². The highest BCUT2D eigenvalue weighted by Gasteiger charge is 2.14. The van der Waals surface area contributed by atoms with Gasteiger partial charge in [0.1, 0.15) is 11.6 Å². The number of pyridine rings is 1. The maximum Gasteiger partial charge on any atom is 0.166 e. The molecule has 0 saturated carbocycles. The lowest BCUT2D eigenvalue weighted by atomic mass is 10.1. The first-order valence-corrected chi connectivity index (χ1v) is 9.54. The fourth-order valence-corrected chi connectivity index (χ4v) is 2.95. The van der Waals surface area contributed by atoms with E-state index in [1.165, 1.54) is 12.1 Å². The molecule has 0 atom stereocenters. The van der Waals surface area contributed by atoms with Crippen molar-refractivity contribution in [2.45, 2.75) is 5.16 Å². The van der Waals surface area contributed by atoms with Crippen molar-refractivity contribution in [1.29, 1.82) is 0 Å². The summed E-state index contributed by atoms with van der Waals surface area (Å²) in [6.45, 7) is 1.73. The molecule has 0 aliphatic carbocycles. The van der Waals surface area contributed by atoms with Crippen molar-refractivity contribution in [1.82, 2.24) is 19.9 Å². The second kappa shape index (κ2) is 8.33. The molecule has 3 rings (SSSR count). The number of nitrogens with zero attached hydrogens (tertiary/aromatic N) is 3. The number of halogens is 1. The molecule has 5 nitrogen and oxygen atoms in total. The van der Waals surface area contributed by atoms with Crippen LogP contribution >= 0.6 is 11.8 Å². The maximum atomic E-state index is 13.3. The molecule has 0 bridgehead atoms.